The molecule has 0 unspecified atom stereocenters. The zero-order valence-electron chi connectivity index (χ0n) is 9.85. The van der Waals surface area contributed by atoms with Crippen molar-refractivity contribution < 1.29 is 0 Å². The Morgan fingerprint density at radius 2 is 1.93 bits per heavy atom. The highest BCUT2D eigenvalue weighted by Crippen LogP contribution is 2.17. The molecule has 0 spiro atoms. The van der Waals surface area contributed by atoms with Crippen molar-refractivity contribution in [3.8, 4) is 0 Å². The van der Waals surface area contributed by atoms with Crippen LogP contribution in [0.5, 0.6) is 0 Å². The van der Waals surface area contributed by atoms with Crippen molar-refractivity contribution in [2.45, 2.75) is 64.3 Å². The maximum absolute atomic E-state index is 5.26. The fourth-order valence-corrected chi connectivity index (χ4v) is 2.33. The highest BCUT2D eigenvalue weighted by molar-refractivity contribution is 7.80. The predicted molar refractivity (Wildman–Crippen MR) is 70.1 cm³/mol. The summed E-state index contributed by atoms with van der Waals surface area (Å²) >= 11 is 5.26. The lowest BCUT2D eigenvalue weighted by atomic mass is 9.96. The highest BCUT2D eigenvalue weighted by Gasteiger charge is 2.13. The van der Waals surface area contributed by atoms with Crippen LogP contribution in [0.3, 0.4) is 0 Å². The van der Waals surface area contributed by atoms with E-state index in [0.29, 0.717) is 6.04 Å². The van der Waals surface area contributed by atoms with E-state index in [1.54, 1.807) is 0 Å². The van der Waals surface area contributed by atoms with Crippen molar-refractivity contribution in [3.05, 3.63) is 0 Å². The SMILES string of the molecule is CCCCCNC(=S)NC1CCCCC1. The molecule has 0 radical (unpaired) electrons. The second-order valence-electron chi connectivity index (χ2n) is 4.44. The van der Waals surface area contributed by atoms with E-state index in [1.807, 2.05) is 0 Å². The van der Waals surface area contributed by atoms with Crippen LogP contribution in [0, 0.1) is 0 Å². The zero-order chi connectivity index (χ0) is 10.9. The molecular formula is C12H24N2S. The van der Waals surface area contributed by atoms with E-state index in [1.165, 1.54) is 51.4 Å². The lowest BCUT2D eigenvalue weighted by Gasteiger charge is -2.24. The molecule has 1 fully saturated rings. The van der Waals surface area contributed by atoms with E-state index in [2.05, 4.69) is 17.6 Å². The molecular weight excluding hydrogens is 204 g/mol. The first-order valence-electron chi connectivity index (χ1n) is 6.37. The predicted octanol–water partition coefficient (Wildman–Crippen LogP) is 2.97. The summed E-state index contributed by atoms with van der Waals surface area (Å²) < 4.78 is 0. The van der Waals surface area contributed by atoms with Crippen LogP contribution in [0.2, 0.25) is 0 Å². The van der Waals surface area contributed by atoms with E-state index in [4.69, 9.17) is 12.2 Å². The summed E-state index contributed by atoms with van der Waals surface area (Å²) in [5.74, 6) is 0. The number of unbranched alkanes of at least 4 members (excludes halogenated alkanes) is 2. The molecule has 3 heteroatoms. The Bertz CT molecular complexity index is 176. The summed E-state index contributed by atoms with van der Waals surface area (Å²) in [5.41, 5.74) is 0. The topological polar surface area (TPSA) is 24.1 Å². The van der Waals surface area contributed by atoms with Crippen LogP contribution in [0.15, 0.2) is 0 Å². The minimum Gasteiger partial charge on any atom is -0.363 e. The third kappa shape index (κ3) is 5.98. The van der Waals surface area contributed by atoms with Crippen LogP contribution in [-0.2, 0) is 0 Å². The number of nitrogens with one attached hydrogen (secondary N) is 2. The van der Waals surface area contributed by atoms with Gasteiger partial charge in [0.2, 0.25) is 0 Å². The van der Waals surface area contributed by atoms with Gasteiger partial charge in [-0.15, -0.1) is 0 Å². The summed E-state index contributed by atoms with van der Waals surface area (Å²) in [5, 5.41) is 7.56. The molecule has 0 aromatic carbocycles. The summed E-state index contributed by atoms with van der Waals surface area (Å²) in [4.78, 5) is 0. The molecule has 1 aliphatic rings. The first-order chi connectivity index (χ1) is 7.33. The van der Waals surface area contributed by atoms with Gasteiger partial charge in [-0.25, -0.2) is 0 Å². The van der Waals surface area contributed by atoms with Crippen molar-refractivity contribution in [1.29, 1.82) is 0 Å². The Labute approximate surface area is 99.2 Å². The molecule has 1 saturated carbocycles. The standard InChI is InChI=1S/C12H24N2S/c1-2-3-7-10-13-12(15)14-11-8-5-4-6-9-11/h11H,2-10H2,1H3,(H2,13,14,15). The Balaban J connectivity index is 2.01. The third-order valence-electron chi connectivity index (χ3n) is 3.01. The first kappa shape index (κ1) is 12.8. The van der Waals surface area contributed by atoms with Gasteiger partial charge >= 0.3 is 0 Å². The summed E-state index contributed by atoms with van der Waals surface area (Å²) in [6, 6.07) is 0.630. The molecule has 0 bridgehead atoms. The molecule has 0 saturated heterocycles. The number of hydrogen-bond donors (Lipinski definition) is 2. The Hall–Kier alpha value is -0.310. The fraction of sp³-hybridized carbons (Fsp3) is 0.917. The van der Waals surface area contributed by atoms with Crippen LogP contribution >= 0.6 is 12.2 Å². The second kappa shape index (κ2) is 7.91. The van der Waals surface area contributed by atoms with Gasteiger partial charge in [-0.3, -0.25) is 0 Å². The summed E-state index contributed by atoms with van der Waals surface area (Å²) in [6.45, 7) is 3.24. The molecule has 0 heterocycles. The Morgan fingerprint density at radius 3 is 2.60 bits per heavy atom. The lowest BCUT2D eigenvalue weighted by molar-refractivity contribution is 0.412. The minimum absolute atomic E-state index is 0.630. The largest absolute Gasteiger partial charge is 0.363 e. The third-order valence-corrected chi connectivity index (χ3v) is 3.27. The number of thiocarbonyl (C=S) groups is 1. The normalized spacial score (nSPS) is 17.4. The van der Waals surface area contributed by atoms with Crippen LogP contribution in [-0.4, -0.2) is 17.7 Å². The monoisotopic (exact) mass is 228 g/mol. The van der Waals surface area contributed by atoms with E-state index >= 15 is 0 Å². The smallest absolute Gasteiger partial charge is 0.166 e. The van der Waals surface area contributed by atoms with Gasteiger partial charge in [0.1, 0.15) is 0 Å². The zero-order valence-corrected chi connectivity index (χ0v) is 10.7. The van der Waals surface area contributed by atoms with Crippen molar-refractivity contribution in [1.82, 2.24) is 10.6 Å². The van der Waals surface area contributed by atoms with Gasteiger partial charge in [0.05, 0.1) is 0 Å². The van der Waals surface area contributed by atoms with Gasteiger partial charge in [-0.05, 0) is 31.5 Å². The molecule has 1 aliphatic carbocycles. The molecule has 0 aliphatic heterocycles. The van der Waals surface area contributed by atoms with E-state index < -0.39 is 0 Å². The molecule has 2 nitrogen and oxygen atoms in total. The van der Waals surface area contributed by atoms with Crippen molar-refractivity contribution in [3.63, 3.8) is 0 Å². The van der Waals surface area contributed by atoms with Gasteiger partial charge in [0.15, 0.2) is 5.11 Å². The van der Waals surface area contributed by atoms with Crippen molar-refractivity contribution in [2.75, 3.05) is 6.54 Å². The maximum atomic E-state index is 5.26. The van der Waals surface area contributed by atoms with Gasteiger partial charge in [0.25, 0.3) is 0 Å². The average molecular weight is 228 g/mol. The molecule has 0 aromatic rings. The molecule has 0 atom stereocenters. The quantitative estimate of drug-likeness (QED) is 0.559. The summed E-state index contributed by atoms with van der Waals surface area (Å²) in [6.07, 6.45) is 10.5. The Morgan fingerprint density at radius 1 is 1.20 bits per heavy atom. The van der Waals surface area contributed by atoms with Crippen LogP contribution < -0.4 is 10.6 Å². The molecule has 15 heavy (non-hydrogen) atoms. The van der Waals surface area contributed by atoms with Crippen molar-refractivity contribution in [2.24, 2.45) is 0 Å². The van der Waals surface area contributed by atoms with Gasteiger partial charge in [-0.1, -0.05) is 39.0 Å². The van der Waals surface area contributed by atoms with Crippen LogP contribution in [0.25, 0.3) is 0 Å². The number of rotatable bonds is 5. The average Bonchev–Trinajstić information content (AvgIpc) is 2.26. The Kier molecular flexibility index (Phi) is 6.73. The van der Waals surface area contributed by atoms with Crippen LogP contribution in [0.1, 0.15) is 58.3 Å². The van der Waals surface area contributed by atoms with Crippen LogP contribution in [0.4, 0.5) is 0 Å². The molecule has 0 amide bonds. The molecule has 88 valence electrons. The van der Waals surface area contributed by atoms with E-state index in [0.717, 1.165) is 11.7 Å². The van der Waals surface area contributed by atoms with Gasteiger partial charge < -0.3 is 10.6 Å². The van der Waals surface area contributed by atoms with Gasteiger partial charge in [0, 0.05) is 12.6 Å². The maximum Gasteiger partial charge on any atom is 0.166 e. The molecule has 0 aromatic heterocycles. The molecule has 2 N–H and O–H groups in total. The fourth-order valence-electron chi connectivity index (χ4n) is 2.06. The van der Waals surface area contributed by atoms with Gasteiger partial charge in [-0.2, -0.15) is 0 Å². The highest BCUT2D eigenvalue weighted by atomic mass is 32.1. The lowest BCUT2D eigenvalue weighted by Crippen LogP contribution is -2.42. The summed E-state index contributed by atoms with van der Waals surface area (Å²) in [7, 11) is 0. The number of hydrogen-bond acceptors (Lipinski definition) is 1. The second-order valence-corrected chi connectivity index (χ2v) is 4.85. The minimum atomic E-state index is 0.630. The molecule has 1 rings (SSSR count). The van der Waals surface area contributed by atoms with E-state index in [-0.39, 0.29) is 0 Å². The first-order valence-corrected chi connectivity index (χ1v) is 6.78. The van der Waals surface area contributed by atoms with Crippen molar-refractivity contribution >= 4 is 17.3 Å². The van der Waals surface area contributed by atoms with E-state index in [9.17, 15) is 0 Å².